The molecule has 1 aromatic carbocycles. The minimum Gasteiger partial charge on any atom is -0.352 e. The second kappa shape index (κ2) is 6.57. The molecule has 1 aliphatic heterocycles. The van der Waals surface area contributed by atoms with Gasteiger partial charge in [-0.25, -0.2) is 0 Å². The molecule has 2 rings (SSSR count). The van der Waals surface area contributed by atoms with Gasteiger partial charge in [0.25, 0.3) is 5.91 Å². The lowest BCUT2D eigenvalue weighted by molar-refractivity contribution is -0.137. The number of hydrogen-bond donors (Lipinski definition) is 3. The summed E-state index contributed by atoms with van der Waals surface area (Å²) in [6.45, 7) is 0.490. The Morgan fingerprint density at radius 3 is 2.76 bits per heavy atom. The molecule has 1 atom stereocenters. The van der Waals surface area contributed by atoms with Crippen LogP contribution in [0.15, 0.2) is 18.2 Å². The minimum absolute atomic E-state index is 0.0213. The Morgan fingerprint density at radius 2 is 2.19 bits per heavy atom. The van der Waals surface area contributed by atoms with Crippen LogP contribution in [0.1, 0.15) is 22.3 Å². The molecule has 0 spiro atoms. The maximum atomic E-state index is 12.9. The maximum Gasteiger partial charge on any atom is 0.418 e. The van der Waals surface area contributed by atoms with Crippen molar-refractivity contribution in [2.24, 2.45) is 11.8 Å². The van der Waals surface area contributed by atoms with E-state index in [1.165, 1.54) is 6.07 Å². The molecule has 1 heterocycles. The molecule has 1 amide bonds. The first-order chi connectivity index (χ1) is 9.91. The van der Waals surface area contributed by atoms with Crippen LogP contribution in [0.2, 0.25) is 0 Å². The van der Waals surface area contributed by atoms with Gasteiger partial charge in [-0.2, -0.15) is 24.9 Å². The number of hydrazine groups is 1. The van der Waals surface area contributed by atoms with Crippen molar-refractivity contribution in [3.05, 3.63) is 29.3 Å². The summed E-state index contributed by atoms with van der Waals surface area (Å²) in [6.07, 6.45) is -3.55. The van der Waals surface area contributed by atoms with Crippen molar-refractivity contribution in [2.75, 3.05) is 23.5 Å². The maximum absolute atomic E-state index is 12.9. The average Bonchev–Trinajstić information content (AvgIpc) is 2.96. The van der Waals surface area contributed by atoms with Gasteiger partial charge >= 0.3 is 6.18 Å². The van der Waals surface area contributed by atoms with E-state index in [0.29, 0.717) is 12.5 Å². The number of nitrogens with one attached hydrogen (secondary N) is 2. The smallest absolute Gasteiger partial charge is 0.352 e. The zero-order chi connectivity index (χ0) is 15.5. The largest absolute Gasteiger partial charge is 0.418 e. The molecular formula is C13H16F3N3OS. The number of benzene rings is 1. The third-order valence-corrected chi connectivity index (χ3v) is 4.55. The van der Waals surface area contributed by atoms with Crippen LogP contribution in [0.5, 0.6) is 0 Å². The molecule has 21 heavy (non-hydrogen) atoms. The number of alkyl halides is 3. The van der Waals surface area contributed by atoms with Crippen molar-refractivity contribution in [3.63, 3.8) is 0 Å². The zero-order valence-electron chi connectivity index (χ0n) is 11.2. The van der Waals surface area contributed by atoms with Gasteiger partial charge in [0, 0.05) is 12.1 Å². The third-order valence-electron chi connectivity index (χ3n) is 3.32. The van der Waals surface area contributed by atoms with Crippen LogP contribution >= 0.6 is 11.8 Å². The van der Waals surface area contributed by atoms with Crippen LogP contribution in [0.25, 0.3) is 0 Å². The summed E-state index contributed by atoms with van der Waals surface area (Å²) < 4.78 is 38.6. The van der Waals surface area contributed by atoms with Crippen LogP contribution in [0.3, 0.4) is 0 Å². The van der Waals surface area contributed by atoms with Crippen LogP contribution in [-0.2, 0) is 6.18 Å². The molecule has 1 fully saturated rings. The van der Waals surface area contributed by atoms with Gasteiger partial charge in [0.05, 0.1) is 11.3 Å². The molecule has 116 valence electrons. The number of halogens is 3. The summed E-state index contributed by atoms with van der Waals surface area (Å²) in [5.41, 5.74) is 0.761. The van der Waals surface area contributed by atoms with Crippen molar-refractivity contribution in [1.82, 2.24) is 5.32 Å². The normalized spacial score (nSPS) is 18.6. The molecule has 0 radical (unpaired) electrons. The highest BCUT2D eigenvalue weighted by Gasteiger charge is 2.34. The van der Waals surface area contributed by atoms with Crippen LogP contribution in [0, 0.1) is 5.92 Å². The molecule has 1 saturated heterocycles. The Balaban J connectivity index is 2.10. The minimum atomic E-state index is -4.57. The van der Waals surface area contributed by atoms with E-state index in [1.54, 1.807) is 0 Å². The molecule has 0 aliphatic carbocycles. The van der Waals surface area contributed by atoms with Crippen LogP contribution in [-0.4, -0.2) is 24.0 Å². The van der Waals surface area contributed by atoms with Gasteiger partial charge in [-0.05, 0) is 42.0 Å². The summed E-state index contributed by atoms with van der Waals surface area (Å²) in [4.78, 5) is 11.9. The molecule has 1 aromatic rings. The van der Waals surface area contributed by atoms with Gasteiger partial charge in [-0.1, -0.05) is 0 Å². The summed E-state index contributed by atoms with van der Waals surface area (Å²) in [5.74, 6) is 7.00. The fourth-order valence-corrected chi connectivity index (χ4v) is 3.41. The average molecular weight is 319 g/mol. The topological polar surface area (TPSA) is 67.1 Å². The van der Waals surface area contributed by atoms with E-state index in [0.717, 1.165) is 30.1 Å². The fraction of sp³-hybridized carbons (Fsp3) is 0.462. The zero-order valence-corrected chi connectivity index (χ0v) is 12.0. The molecule has 0 saturated carbocycles. The Kier molecular flexibility index (Phi) is 5.00. The van der Waals surface area contributed by atoms with Gasteiger partial charge < -0.3 is 10.7 Å². The number of carbonyl (C=O) groups is 1. The summed E-state index contributed by atoms with van der Waals surface area (Å²) in [5, 5.41) is 2.69. The van der Waals surface area contributed by atoms with Gasteiger partial charge in [0.1, 0.15) is 0 Å². The van der Waals surface area contributed by atoms with Crippen molar-refractivity contribution < 1.29 is 18.0 Å². The number of hydrogen-bond acceptors (Lipinski definition) is 4. The number of nitrogens with two attached hydrogens (primary N) is 1. The summed E-state index contributed by atoms with van der Waals surface area (Å²) >= 11 is 1.82. The molecule has 1 aliphatic rings. The highest BCUT2D eigenvalue weighted by Crippen LogP contribution is 2.35. The first-order valence-corrected chi connectivity index (χ1v) is 7.61. The predicted octanol–water partition coefficient (Wildman–Crippen LogP) is 2.47. The lowest BCUT2D eigenvalue weighted by Gasteiger charge is -2.14. The van der Waals surface area contributed by atoms with E-state index >= 15 is 0 Å². The highest BCUT2D eigenvalue weighted by molar-refractivity contribution is 7.99. The van der Waals surface area contributed by atoms with E-state index in [9.17, 15) is 18.0 Å². The highest BCUT2D eigenvalue weighted by atomic mass is 32.2. The van der Waals surface area contributed by atoms with Crippen molar-refractivity contribution in [2.45, 2.75) is 12.6 Å². The van der Waals surface area contributed by atoms with Crippen LogP contribution in [0.4, 0.5) is 18.9 Å². The molecular weight excluding hydrogens is 303 g/mol. The summed E-state index contributed by atoms with van der Waals surface area (Å²) in [6, 6.07) is 3.29. The van der Waals surface area contributed by atoms with E-state index in [4.69, 9.17) is 5.84 Å². The van der Waals surface area contributed by atoms with Gasteiger partial charge in [-0.3, -0.25) is 10.6 Å². The number of anilines is 1. The van der Waals surface area contributed by atoms with Gasteiger partial charge in [0.2, 0.25) is 0 Å². The van der Waals surface area contributed by atoms with E-state index in [-0.39, 0.29) is 11.3 Å². The van der Waals surface area contributed by atoms with Gasteiger partial charge in [-0.15, -0.1) is 0 Å². The summed E-state index contributed by atoms with van der Waals surface area (Å²) in [7, 11) is 0. The number of carbonyl (C=O) groups excluding carboxylic acids is 1. The van der Waals surface area contributed by atoms with E-state index in [1.807, 2.05) is 17.2 Å². The lowest BCUT2D eigenvalue weighted by Crippen LogP contribution is -2.29. The number of rotatable bonds is 4. The number of amides is 1. The monoisotopic (exact) mass is 319 g/mol. The van der Waals surface area contributed by atoms with Gasteiger partial charge in [0.15, 0.2) is 0 Å². The Hall–Kier alpha value is -1.41. The molecule has 8 heteroatoms. The van der Waals surface area contributed by atoms with E-state index < -0.39 is 17.6 Å². The quantitative estimate of drug-likeness (QED) is 0.589. The van der Waals surface area contributed by atoms with Crippen molar-refractivity contribution in [1.29, 1.82) is 0 Å². The van der Waals surface area contributed by atoms with Crippen LogP contribution < -0.4 is 16.6 Å². The Morgan fingerprint density at radius 1 is 1.43 bits per heavy atom. The number of nitrogen functional groups attached to an aromatic ring is 1. The fourth-order valence-electron chi connectivity index (χ4n) is 2.13. The number of thioether (sulfide) groups is 1. The predicted molar refractivity (Wildman–Crippen MR) is 77.0 cm³/mol. The SMILES string of the molecule is NNc1ccc(C(=O)NCC2CCSC2)cc1C(F)(F)F. The van der Waals surface area contributed by atoms with Crippen molar-refractivity contribution >= 4 is 23.4 Å². The Labute approximate surface area is 124 Å². The molecule has 4 nitrogen and oxygen atoms in total. The first kappa shape index (κ1) is 16.0. The Bertz CT molecular complexity index is 516. The first-order valence-electron chi connectivity index (χ1n) is 6.45. The molecule has 0 aromatic heterocycles. The third kappa shape index (κ3) is 4.04. The molecule has 0 bridgehead atoms. The second-order valence-corrected chi connectivity index (χ2v) is 5.99. The second-order valence-electron chi connectivity index (χ2n) is 4.84. The van der Waals surface area contributed by atoms with Crippen molar-refractivity contribution in [3.8, 4) is 0 Å². The van der Waals surface area contributed by atoms with E-state index in [2.05, 4.69) is 5.32 Å². The lowest BCUT2D eigenvalue weighted by atomic mass is 10.1. The standard InChI is InChI=1S/C13H16F3N3OS/c14-13(15,16)10-5-9(1-2-11(10)19-17)12(20)18-6-8-3-4-21-7-8/h1-2,5,8,19H,3-4,6-7,17H2,(H,18,20). The molecule has 1 unspecified atom stereocenters. The molecule has 4 N–H and O–H groups in total.